The third-order valence-corrected chi connectivity index (χ3v) is 4.58. The van der Waals surface area contributed by atoms with Gasteiger partial charge >= 0.3 is 0 Å². The molecule has 0 spiro atoms. The van der Waals surface area contributed by atoms with Crippen molar-refractivity contribution >= 4 is 10.8 Å². The Bertz CT molecular complexity index is 812. The van der Waals surface area contributed by atoms with Crippen molar-refractivity contribution < 1.29 is 39.7 Å². The summed E-state index contributed by atoms with van der Waals surface area (Å²) in [6, 6.07) is 4.93. The lowest BCUT2D eigenvalue weighted by Crippen LogP contribution is -2.60. The Labute approximate surface area is 155 Å². The molecule has 1 aliphatic rings. The predicted octanol–water partition coefficient (Wildman–Crippen LogP) is -0.777. The fourth-order valence-corrected chi connectivity index (χ4v) is 3.20. The molecule has 0 unspecified atom stereocenters. The number of aromatic nitrogens is 1. The molecule has 0 amide bonds. The molecule has 5 atom stereocenters. The number of methoxy groups -OCH3 is 1. The smallest absolute Gasteiger partial charge is 0.229 e. The molecule has 0 aliphatic carbocycles. The molecule has 27 heavy (non-hydrogen) atoms. The molecule has 0 saturated carbocycles. The van der Waals surface area contributed by atoms with E-state index in [0.717, 1.165) is 5.39 Å². The summed E-state index contributed by atoms with van der Waals surface area (Å²) in [5.41, 5.74) is 1.15. The monoisotopic (exact) mass is 381 g/mol. The molecule has 9 heteroatoms. The molecule has 9 nitrogen and oxygen atoms in total. The summed E-state index contributed by atoms with van der Waals surface area (Å²) >= 11 is 0. The van der Waals surface area contributed by atoms with Gasteiger partial charge in [0, 0.05) is 17.1 Å². The first-order valence-electron chi connectivity index (χ1n) is 8.46. The first-order chi connectivity index (χ1) is 12.9. The number of benzene rings is 1. The number of aliphatic hydroxyl groups excluding tert-OH is 5. The summed E-state index contributed by atoms with van der Waals surface area (Å²) in [6.45, 7) is 1.02. The van der Waals surface area contributed by atoms with E-state index in [4.69, 9.17) is 14.2 Å². The topological polar surface area (TPSA) is 142 Å². The number of hydrogen-bond acceptors (Lipinski definition) is 9. The van der Waals surface area contributed by atoms with Crippen molar-refractivity contribution in [2.24, 2.45) is 0 Å². The maximum absolute atomic E-state index is 10.1. The van der Waals surface area contributed by atoms with Gasteiger partial charge in [0.1, 0.15) is 35.9 Å². The lowest BCUT2D eigenvalue weighted by atomic mass is 9.99. The van der Waals surface area contributed by atoms with E-state index >= 15 is 0 Å². The minimum absolute atomic E-state index is 0.225. The van der Waals surface area contributed by atoms with Crippen LogP contribution in [0.5, 0.6) is 11.5 Å². The van der Waals surface area contributed by atoms with Crippen molar-refractivity contribution in [1.29, 1.82) is 0 Å². The standard InChI is InChI=1S/C18H23NO8/c1-8-14-9(3-10(6-20)19-8)4-11(5-12(14)25-2)26-18-17(24)16(23)15(22)13(7-21)27-18/h3-5,13,15-18,20-24H,6-7H2,1-2H3/t13-,15-,16+,17-,18-/m1/s1. The van der Waals surface area contributed by atoms with Crippen LogP contribution in [0.3, 0.4) is 0 Å². The molecule has 5 N–H and O–H groups in total. The summed E-state index contributed by atoms with van der Waals surface area (Å²) in [5.74, 6) is 0.750. The highest BCUT2D eigenvalue weighted by molar-refractivity contribution is 5.91. The molecule has 1 saturated heterocycles. The lowest BCUT2D eigenvalue weighted by Gasteiger charge is -2.39. The van der Waals surface area contributed by atoms with Crippen molar-refractivity contribution in [3.63, 3.8) is 0 Å². The fourth-order valence-electron chi connectivity index (χ4n) is 3.20. The van der Waals surface area contributed by atoms with Gasteiger partial charge in [0.15, 0.2) is 0 Å². The van der Waals surface area contributed by atoms with Crippen LogP contribution in [0, 0.1) is 6.92 Å². The Balaban J connectivity index is 1.97. The van der Waals surface area contributed by atoms with E-state index in [1.807, 2.05) is 0 Å². The zero-order valence-electron chi connectivity index (χ0n) is 14.9. The maximum atomic E-state index is 10.1. The van der Waals surface area contributed by atoms with Gasteiger partial charge < -0.3 is 39.7 Å². The molecule has 3 rings (SSSR count). The second-order valence-electron chi connectivity index (χ2n) is 6.40. The minimum atomic E-state index is -1.53. The normalized spacial score (nSPS) is 28.3. The van der Waals surface area contributed by atoms with E-state index in [1.165, 1.54) is 7.11 Å². The first-order valence-corrected chi connectivity index (χ1v) is 8.46. The largest absolute Gasteiger partial charge is 0.496 e. The van der Waals surface area contributed by atoms with Gasteiger partial charge in [-0.05, 0) is 24.4 Å². The molecular weight excluding hydrogens is 358 g/mol. The van der Waals surface area contributed by atoms with E-state index in [1.54, 1.807) is 25.1 Å². The highest BCUT2D eigenvalue weighted by Gasteiger charge is 2.44. The van der Waals surface area contributed by atoms with Gasteiger partial charge in [-0.2, -0.15) is 0 Å². The van der Waals surface area contributed by atoms with Crippen molar-refractivity contribution in [2.75, 3.05) is 13.7 Å². The highest BCUT2D eigenvalue weighted by atomic mass is 16.7. The van der Waals surface area contributed by atoms with Crippen LogP contribution in [0.15, 0.2) is 18.2 Å². The summed E-state index contributed by atoms with van der Waals surface area (Å²) in [6.07, 6.45) is -6.88. The number of aryl methyl sites for hydroxylation is 1. The van der Waals surface area contributed by atoms with Crippen LogP contribution in [0.25, 0.3) is 10.8 Å². The van der Waals surface area contributed by atoms with Crippen LogP contribution >= 0.6 is 0 Å². The van der Waals surface area contributed by atoms with Gasteiger partial charge in [-0.3, -0.25) is 4.98 Å². The van der Waals surface area contributed by atoms with Gasteiger partial charge in [0.05, 0.1) is 26.0 Å². The first kappa shape index (κ1) is 19.7. The van der Waals surface area contributed by atoms with Crippen LogP contribution in [-0.2, 0) is 11.3 Å². The van der Waals surface area contributed by atoms with E-state index in [2.05, 4.69) is 4.98 Å². The van der Waals surface area contributed by atoms with E-state index in [9.17, 15) is 25.5 Å². The quantitative estimate of drug-likeness (QED) is 0.451. The Morgan fingerprint density at radius 1 is 1.07 bits per heavy atom. The van der Waals surface area contributed by atoms with Crippen LogP contribution in [0.2, 0.25) is 0 Å². The third-order valence-electron chi connectivity index (χ3n) is 4.58. The molecule has 0 radical (unpaired) electrons. The van der Waals surface area contributed by atoms with Crippen LogP contribution in [0.4, 0.5) is 0 Å². The van der Waals surface area contributed by atoms with Crippen LogP contribution in [0.1, 0.15) is 11.4 Å². The van der Waals surface area contributed by atoms with E-state index < -0.39 is 37.3 Å². The van der Waals surface area contributed by atoms with Gasteiger partial charge in [0.2, 0.25) is 6.29 Å². The molecule has 2 aromatic rings. The Morgan fingerprint density at radius 3 is 2.44 bits per heavy atom. The van der Waals surface area contributed by atoms with Crippen molar-refractivity contribution in [3.05, 3.63) is 29.6 Å². The van der Waals surface area contributed by atoms with Crippen LogP contribution < -0.4 is 9.47 Å². The molecule has 1 aliphatic heterocycles. The lowest BCUT2D eigenvalue weighted by molar-refractivity contribution is -0.277. The highest BCUT2D eigenvalue weighted by Crippen LogP contribution is 2.35. The zero-order chi connectivity index (χ0) is 19.7. The second kappa shape index (κ2) is 7.93. The molecule has 1 aromatic heterocycles. The molecule has 2 heterocycles. The summed E-state index contributed by atoms with van der Waals surface area (Å²) < 4.78 is 16.4. The summed E-state index contributed by atoms with van der Waals surface area (Å²) in [4.78, 5) is 4.30. The molecular formula is C18H23NO8. The van der Waals surface area contributed by atoms with E-state index in [-0.39, 0.29) is 12.4 Å². The van der Waals surface area contributed by atoms with Crippen LogP contribution in [-0.4, -0.2) is 74.9 Å². The number of nitrogens with zero attached hydrogens (tertiary/aromatic N) is 1. The molecule has 1 aromatic carbocycles. The van der Waals surface area contributed by atoms with Crippen molar-refractivity contribution in [3.8, 4) is 11.5 Å². The minimum Gasteiger partial charge on any atom is -0.496 e. The second-order valence-corrected chi connectivity index (χ2v) is 6.40. The number of ether oxygens (including phenoxy) is 3. The molecule has 1 fully saturated rings. The molecule has 0 bridgehead atoms. The van der Waals surface area contributed by atoms with Crippen molar-refractivity contribution in [1.82, 2.24) is 4.98 Å². The number of hydrogen-bond donors (Lipinski definition) is 5. The summed E-state index contributed by atoms with van der Waals surface area (Å²) in [7, 11) is 1.49. The third kappa shape index (κ3) is 3.70. The number of rotatable bonds is 5. The fraction of sp³-hybridized carbons (Fsp3) is 0.500. The number of pyridine rings is 1. The van der Waals surface area contributed by atoms with Gasteiger partial charge in [-0.25, -0.2) is 0 Å². The van der Waals surface area contributed by atoms with Gasteiger partial charge in [-0.1, -0.05) is 0 Å². The van der Waals surface area contributed by atoms with Crippen molar-refractivity contribution in [2.45, 2.75) is 44.2 Å². The maximum Gasteiger partial charge on any atom is 0.229 e. The number of aliphatic hydroxyl groups is 5. The molecule has 148 valence electrons. The Hall–Kier alpha value is -2.01. The van der Waals surface area contributed by atoms with Gasteiger partial charge in [-0.15, -0.1) is 0 Å². The number of fused-ring (bicyclic) bond motifs is 1. The Morgan fingerprint density at radius 2 is 1.81 bits per heavy atom. The van der Waals surface area contributed by atoms with E-state index in [0.29, 0.717) is 22.5 Å². The predicted molar refractivity (Wildman–Crippen MR) is 93.4 cm³/mol. The average molecular weight is 381 g/mol. The SMILES string of the molecule is COc1cc(O[C@@H]2O[C@H](CO)[C@@H](O)[C@H](O)[C@H]2O)cc2cc(CO)nc(C)c12. The zero-order valence-corrected chi connectivity index (χ0v) is 14.9. The van der Waals surface area contributed by atoms with Gasteiger partial charge in [0.25, 0.3) is 0 Å². The summed E-state index contributed by atoms with van der Waals surface area (Å²) in [5, 5.41) is 50.0. The average Bonchev–Trinajstić information content (AvgIpc) is 2.67. The Kier molecular flexibility index (Phi) is 5.80.